The fourth-order valence-corrected chi connectivity index (χ4v) is 0.784. The molecule has 1 rings (SSSR count). The summed E-state index contributed by atoms with van der Waals surface area (Å²) in [6.07, 6.45) is 0.539. The van der Waals surface area contributed by atoms with Crippen LogP contribution in [0.4, 0.5) is 8.78 Å². The van der Waals surface area contributed by atoms with Gasteiger partial charge in [0.05, 0.1) is 0 Å². The van der Waals surface area contributed by atoms with E-state index in [0.717, 1.165) is 0 Å². The van der Waals surface area contributed by atoms with Crippen LogP contribution in [0.25, 0.3) is 0 Å². The molecule has 0 aromatic rings. The third-order valence-electron chi connectivity index (χ3n) is 1.47. The summed E-state index contributed by atoms with van der Waals surface area (Å²) in [7, 11) is 0. The van der Waals surface area contributed by atoms with E-state index in [9.17, 15) is 8.78 Å². The van der Waals surface area contributed by atoms with Gasteiger partial charge in [-0.3, -0.25) is 0 Å². The largest absolute Gasteiger partial charge is 0.330 e. The number of hydrogen-bond donors (Lipinski definition) is 1. The Morgan fingerprint density at radius 3 is 2.11 bits per heavy atom. The molecule has 1 unspecified atom stereocenters. The second kappa shape index (κ2) is 2.80. The molecule has 0 heterocycles. The Balaban J connectivity index is 0.000000640. The normalized spacial score (nSPS) is 29.0. The van der Waals surface area contributed by atoms with Crippen molar-refractivity contribution in [2.75, 3.05) is 6.54 Å². The van der Waals surface area contributed by atoms with Gasteiger partial charge in [-0.05, 0) is 13.0 Å². The van der Waals surface area contributed by atoms with Gasteiger partial charge in [-0.15, -0.1) is 12.4 Å². The topological polar surface area (TPSA) is 26.0 Å². The average Bonchev–Trinajstić information content (AvgIpc) is 2.15. The van der Waals surface area contributed by atoms with Crippen molar-refractivity contribution >= 4 is 12.4 Å². The molecule has 0 spiro atoms. The molecule has 0 radical (unpaired) electrons. The molecule has 1 nitrogen and oxygen atoms in total. The zero-order chi connectivity index (χ0) is 6.20. The van der Waals surface area contributed by atoms with Crippen LogP contribution in [0.1, 0.15) is 12.8 Å². The van der Waals surface area contributed by atoms with Crippen molar-refractivity contribution in [1.82, 2.24) is 0 Å². The van der Waals surface area contributed by atoms with E-state index in [-0.39, 0.29) is 18.8 Å². The molecule has 1 fully saturated rings. The van der Waals surface area contributed by atoms with Gasteiger partial charge in [0.15, 0.2) is 0 Å². The summed E-state index contributed by atoms with van der Waals surface area (Å²) in [6, 6.07) is 0. The highest BCUT2D eigenvalue weighted by Crippen LogP contribution is 2.50. The van der Waals surface area contributed by atoms with E-state index in [1.54, 1.807) is 0 Å². The highest BCUT2D eigenvalue weighted by molar-refractivity contribution is 5.85. The molecule has 0 saturated heterocycles. The molecule has 9 heavy (non-hydrogen) atoms. The molecule has 0 amide bonds. The highest BCUT2D eigenvalue weighted by atomic mass is 35.5. The molecule has 4 heteroatoms. The van der Waals surface area contributed by atoms with E-state index in [1.165, 1.54) is 0 Å². The Kier molecular flexibility index (Phi) is 2.83. The zero-order valence-electron chi connectivity index (χ0n) is 4.94. The predicted molar refractivity (Wildman–Crippen MR) is 34.0 cm³/mol. The molecule has 2 N–H and O–H groups in total. The number of alkyl halides is 2. The van der Waals surface area contributed by atoms with Gasteiger partial charge in [0, 0.05) is 12.3 Å². The highest BCUT2D eigenvalue weighted by Gasteiger charge is 2.55. The summed E-state index contributed by atoms with van der Waals surface area (Å²) in [4.78, 5) is 0. The van der Waals surface area contributed by atoms with E-state index in [4.69, 9.17) is 5.73 Å². The van der Waals surface area contributed by atoms with Crippen LogP contribution in [-0.2, 0) is 0 Å². The van der Waals surface area contributed by atoms with Gasteiger partial charge < -0.3 is 5.73 Å². The molecular weight excluding hydrogens is 148 g/mol. The summed E-state index contributed by atoms with van der Waals surface area (Å²) in [5.41, 5.74) is 5.06. The fourth-order valence-electron chi connectivity index (χ4n) is 0.784. The van der Waals surface area contributed by atoms with Crippen LogP contribution in [0.3, 0.4) is 0 Å². The summed E-state index contributed by atoms with van der Waals surface area (Å²) in [5.74, 6) is -2.76. The Hall–Kier alpha value is 0.110. The lowest BCUT2D eigenvalue weighted by atomic mass is 10.3. The van der Waals surface area contributed by atoms with E-state index in [0.29, 0.717) is 13.0 Å². The Bertz CT molecular complexity index is 97.0. The third-order valence-corrected chi connectivity index (χ3v) is 1.47. The average molecular weight is 158 g/mol. The van der Waals surface area contributed by atoms with E-state index in [1.807, 2.05) is 0 Å². The smallest absolute Gasteiger partial charge is 0.251 e. The first-order chi connectivity index (χ1) is 3.67. The number of rotatable bonds is 2. The van der Waals surface area contributed by atoms with Crippen molar-refractivity contribution in [2.45, 2.75) is 18.8 Å². The van der Waals surface area contributed by atoms with E-state index in [2.05, 4.69) is 0 Å². The summed E-state index contributed by atoms with van der Waals surface area (Å²) >= 11 is 0. The van der Waals surface area contributed by atoms with Crippen molar-refractivity contribution < 1.29 is 8.78 Å². The Morgan fingerprint density at radius 1 is 1.56 bits per heavy atom. The summed E-state index contributed by atoms with van der Waals surface area (Å²) in [5, 5.41) is 0. The maximum Gasteiger partial charge on any atom is 0.251 e. The van der Waals surface area contributed by atoms with Gasteiger partial charge in [-0.25, -0.2) is 8.78 Å². The minimum absolute atomic E-state index is 0. The molecule has 1 aliphatic carbocycles. The van der Waals surface area contributed by atoms with Gasteiger partial charge in [-0.1, -0.05) is 0 Å². The molecule has 0 bridgehead atoms. The lowest BCUT2D eigenvalue weighted by Crippen LogP contribution is -2.03. The monoisotopic (exact) mass is 157 g/mol. The van der Waals surface area contributed by atoms with Crippen molar-refractivity contribution in [1.29, 1.82) is 0 Å². The Labute approximate surface area is 59.0 Å². The van der Waals surface area contributed by atoms with Gasteiger partial charge >= 0.3 is 0 Å². The molecule has 1 saturated carbocycles. The van der Waals surface area contributed by atoms with Crippen LogP contribution in [0.2, 0.25) is 0 Å². The minimum atomic E-state index is -2.36. The molecule has 1 aliphatic rings. The standard InChI is InChI=1S/C5H9F2N.ClH/c6-5(7)3-4(5)1-2-8;/h4H,1-3,8H2;1H. The molecule has 56 valence electrons. The quantitative estimate of drug-likeness (QED) is 0.645. The summed E-state index contributed by atoms with van der Waals surface area (Å²) < 4.78 is 23.9. The first-order valence-corrected chi connectivity index (χ1v) is 2.74. The first-order valence-electron chi connectivity index (χ1n) is 2.74. The SMILES string of the molecule is Cl.NCCC1CC1(F)F. The summed E-state index contributed by atoms with van der Waals surface area (Å²) in [6.45, 7) is 0.389. The van der Waals surface area contributed by atoms with Gasteiger partial charge in [0.25, 0.3) is 5.92 Å². The minimum Gasteiger partial charge on any atom is -0.330 e. The predicted octanol–water partition coefficient (Wildman–Crippen LogP) is 1.41. The molecule has 0 aliphatic heterocycles. The lowest BCUT2D eigenvalue weighted by molar-refractivity contribution is 0.0975. The van der Waals surface area contributed by atoms with Crippen molar-refractivity contribution in [3.05, 3.63) is 0 Å². The lowest BCUT2D eigenvalue weighted by Gasteiger charge is -1.91. The van der Waals surface area contributed by atoms with Crippen LogP contribution in [0.15, 0.2) is 0 Å². The second-order valence-corrected chi connectivity index (χ2v) is 2.24. The van der Waals surface area contributed by atoms with Crippen LogP contribution < -0.4 is 5.73 Å². The second-order valence-electron chi connectivity index (χ2n) is 2.24. The van der Waals surface area contributed by atoms with Crippen LogP contribution >= 0.6 is 12.4 Å². The maximum absolute atomic E-state index is 11.9. The van der Waals surface area contributed by atoms with Crippen molar-refractivity contribution in [2.24, 2.45) is 11.7 Å². The van der Waals surface area contributed by atoms with Gasteiger partial charge in [0.2, 0.25) is 0 Å². The van der Waals surface area contributed by atoms with Crippen molar-refractivity contribution in [3.63, 3.8) is 0 Å². The fraction of sp³-hybridized carbons (Fsp3) is 1.00. The van der Waals surface area contributed by atoms with Crippen molar-refractivity contribution in [3.8, 4) is 0 Å². The number of nitrogens with two attached hydrogens (primary N) is 1. The van der Waals surface area contributed by atoms with Crippen LogP contribution in [0.5, 0.6) is 0 Å². The molecule has 1 atom stereocenters. The maximum atomic E-state index is 11.9. The van der Waals surface area contributed by atoms with Gasteiger partial charge in [-0.2, -0.15) is 0 Å². The number of hydrogen-bond acceptors (Lipinski definition) is 1. The zero-order valence-corrected chi connectivity index (χ0v) is 5.76. The third kappa shape index (κ3) is 2.06. The van der Waals surface area contributed by atoms with Gasteiger partial charge in [0.1, 0.15) is 0 Å². The molecular formula is C5H10ClF2N. The van der Waals surface area contributed by atoms with Crippen LogP contribution in [0, 0.1) is 5.92 Å². The first kappa shape index (κ1) is 9.11. The number of halogens is 3. The Morgan fingerprint density at radius 2 is 2.00 bits per heavy atom. The van der Waals surface area contributed by atoms with E-state index >= 15 is 0 Å². The van der Waals surface area contributed by atoms with Crippen LogP contribution in [-0.4, -0.2) is 12.5 Å². The molecule has 0 aromatic heterocycles. The van der Waals surface area contributed by atoms with E-state index < -0.39 is 11.8 Å². The molecule has 0 aromatic carbocycles.